The zero-order valence-electron chi connectivity index (χ0n) is 14.3. The molecule has 0 unspecified atom stereocenters. The van der Waals surface area contributed by atoms with E-state index in [1.54, 1.807) is 0 Å². The average Bonchev–Trinajstić information content (AvgIpc) is 3.10. The number of carbonyl (C=O) groups excluding carboxylic acids is 1. The van der Waals surface area contributed by atoms with Crippen LogP contribution in [0.25, 0.3) is 6.08 Å². The highest BCUT2D eigenvalue weighted by Gasteiger charge is 2.20. The summed E-state index contributed by atoms with van der Waals surface area (Å²) in [5, 5.41) is 21.0. The largest absolute Gasteiger partial charge is 0.493 e. The van der Waals surface area contributed by atoms with Crippen LogP contribution in [0.5, 0.6) is 11.5 Å². The van der Waals surface area contributed by atoms with Crippen molar-refractivity contribution in [2.24, 2.45) is 0 Å². The molecule has 0 aromatic heterocycles. The van der Waals surface area contributed by atoms with Gasteiger partial charge in [-0.15, -0.1) is 0 Å². The minimum Gasteiger partial charge on any atom is -0.493 e. The SMILES string of the molecule is COc1cc(/C=C(/C#N)C(=O)NC2CCCC2)cc(Cl)c1OCC(=O)O. The molecule has 0 spiro atoms. The van der Waals surface area contributed by atoms with E-state index in [1.807, 2.05) is 6.07 Å². The molecule has 0 heterocycles. The summed E-state index contributed by atoms with van der Waals surface area (Å²) in [5.41, 5.74) is 0.418. The van der Waals surface area contributed by atoms with Crippen LogP contribution in [0.1, 0.15) is 31.2 Å². The maximum Gasteiger partial charge on any atom is 0.341 e. The van der Waals surface area contributed by atoms with Gasteiger partial charge in [-0.1, -0.05) is 24.4 Å². The first-order valence-electron chi connectivity index (χ1n) is 8.09. The number of carboxylic acid groups (broad SMARTS) is 1. The number of halogens is 1. The number of hydrogen-bond acceptors (Lipinski definition) is 5. The summed E-state index contributed by atoms with van der Waals surface area (Å²) < 4.78 is 10.3. The van der Waals surface area contributed by atoms with Crippen LogP contribution in [0.15, 0.2) is 17.7 Å². The number of nitrogens with zero attached hydrogens (tertiary/aromatic N) is 1. The van der Waals surface area contributed by atoms with Gasteiger partial charge in [-0.3, -0.25) is 4.79 Å². The molecule has 0 saturated heterocycles. The summed E-state index contributed by atoms with van der Waals surface area (Å²) in [4.78, 5) is 22.9. The number of rotatable bonds is 7. The molecule has 1 fully saturated rings. The van der Waals surface area contributed by atoms with Gasteiger partial charge in [0.05, 0.1) is 12.1 Å². The van der Waals surface area contributed by atoms with E-state index in [9.17, 15) is 14.9 Å². The molecule has 1 aliphatic rings. The van der Waals surface area contributed by atoms with Gasteiger partial charge in [0.15, 0.2) is 18.1 Å². The molecule has 0 aliphatic heterocycles. The molecule has 8 heteroatoms. The third kappa shape index (κ3) is 5.14. The maximum atomic E-state index is 12.3. The normalized spacial score (nSPS) is 14.6. The quantitative estimate of drug-likeness (QED) is 0.557. The third-order valence-electron chi connectivity index (χ3n) is 3.96. The third-order valence-corrected chi connectivity index (χ3v) is 4.24. The molecule has 138 valence electrons. The summed E-state index contributed by atoms with van der Waals surface area (Å²) >= 11 is 6.13. The van der Waals surface area contributed by atoms with Gasteiger partial charge < -0.3 is 19.9 Å². The second kappa shape index (κ2) is 9.11. The fraction of sp³-hybridized carbons (Fsp3) is 0.389. The lowest BCUT2D eigenvalue weighted by atomic mass is 10.1. The van der Waals surface area contributed by atoms with Gasteiger partial charge in [-0.2, -0.15) is 5.26 Å². The first kappa shape index (κ1) is 19.6. The van der Waals surface area contributed by atoms with Crippen LogP contribution in [-0.2, 0) is 9.59 Å². The lowest BCUT2D eigenvalue weighted by molar-refractivity contribution is -0.139. The Hall–Kier alpha value is -2.72. The van der Waals surface area contributed by atoms with Crippen molar-refractivity contribution in [2.45, 2.75) is 31.7 Å². The second-order valence-corrected chi connectivity index (χ2v) is 6.25. The minimum absolute atomic E-state index is 0.0470. The van der Waals surface area contributed by atoms with Crippen molar-refractivity contribution >= 4 is 29.6 Å². The minimum atomic E-state index is -1.15. The smallest absolute Gasteiger partial charge is 0.341 e. The Kier molecular flexibility index (Phi) is 6.87. The zero-order valence-corrected chi connectivity index (χ0v) is 15.0. The van der Waals surface area contributed by atoms with Crippen molar-refractivity contribution in [2.75, 3.05) is 13.7 Å². The molecule has 0 atom stereocenters. The maximum absolute atomic E-state index is 12.3. The van der Waals surface area contributed by atoms with E-state index in [0.29, 0.717) is 5.56 Å². The van der Waals surface area contributed by atoms with E-state index in [1.165, 1.54) is 25.3 Å². The standard InChI is InChI=1S/C18H19ClN2O5/c1-25-15-8-11(7-14(19)17(15)26-10-16(22)23)6-12(9-20)18(24)21-13-4-2-3-5-13/h6-8,13H,2-5,10H2,1H3,(H,21,24)(H,22,23)/b12-6-. The first-order valence-corrected chi connectivity index (χ1v) is 8.47. The van der Waals surface area contributed by atoms with E-state index >= 15 is 0 Å². The molecule has 1 aromatic carbocycles. The fourth-order valence-electron chi connectivity index (χ4n) is 2.75. The lowest BCUT2D eigenvalue weighted by Crippen LogP contribution is -2.33. The number of hydrogen-bond donors (Lipinski definition) is 2. The Morgan fingerprint density at radius 2 is 2.12 bits per heavy atom. The Morgan fingerprint density at radius 1 is 1.42 bits per heavy atom. The molecule has 0 radical (unpaired) electrons. The Labute approximate surface area is 156 Å². The summed E-state index contributed by atoms with van der Waals surface area (Å²) in [5.74, 6) is -1.29. The summed E-state index contributed by atoms with van der Waals surface area (Å²) in [6, 6.07) is 4.98. The van der Waals surface area contributed by atoms with E-state index in [-0.39, 0.29) is 28.1 Å². The van der Waals surface area contributed by atoms with Crippen molar-refractivity contribution < 1.29 is 24.2 Å². The van der Waals surface area contributed by atoms with Gasteiger partial charge in [-0.05, 0) is 36.6 Å². The number of nitrogens with one attached hydrogen (secondary N) is 1. The number of methoxy groups -OCH3 is 1. The first-order chi connectivity index (χ1) is 12.4. The van der Waals surface area contributed by atoms with Crippen LogP contribution in [0.2, 0.25) is 5.02 Å². The number of benzene rings is 1. The predicted molar refractivity (Wildman–Crippen MR) is 95.1 cm³/mol. The highest BCUT2D eigenvalue weighted by molar-refractivity contribution is 6.32. The molecular weight excluding hydrogens is 360 g/mol. The van der Waals surface area contributed by atoms with Crippen LogP contribution >= 0.6 is 11.6 Å². The van der Waals surface area contributed by atoms with Crippen molar-refractivity contribution in [3.05, 3.63) is 28.3 Å². The molecule has 7 nitrogen and oxygen atoms in total. The molecule has 0 bridgehead atoms. The molecule has 1 amide bonds. The topological polar surface area (TPSA) is 109 Å². The molecule has 1 aromatic rings. The van der Waals surface area contributed by atoms with Crippen LogP contribution in [-0.4, -0.2) is 36.7 Å². The fourth-order valence-corrected chi connectivity index (χ4v) is 3.02. The number of aliphatic carboxylic acids is 1. The molecule has 26 heavy (non-hydrogen) atoms. The second-order valence-electron chi connectivity index (χ2n) is 5.84. The van der Waals surface area contributed by atoms with E-state index < -0.39 is 18.5 Å². The zero-order chi connectivity index (χ0) is 19.1. The highest BCUT2D eigenvalue weighted by Crippen LogP contribution is 2.37. The van der Waals surface area contributed by atoms with Crippen LogP contribution in [0.3, 0.4) is 0 Å². The lowest BCUT2D eigenvalue weighted by Gasteiger charge is -2.13. The summed E-state index contributed by atoms with van der Waals surface area (Å²) in [7, 11) is 1.38. The van der Waals surface area contributed by atoms with Crippen LogP contribution in [0, 0.1) is 11.3 Å². The van der Waals surface area contributed by atoms with Crippen LogP contribution < -0.4 is 14.8 Å². The number of amides is 1. The summed E-state index contributed by atoms with van der Waals surface area (Å²) in [6.07, 6.45) is 5.38. The van der Waals surface area contributed by atoms with Gasteiger partial charge >= 0.3 is 5.97 Å². The van der Waals surface area contributed by atoms with E-state index in [0.717, 1.165) is 25.7 Å². The Balaban J connectivity index is 2.23. The highest BCUT2D eigenvalue weighted by atomic mass is 35.5. The molecule has 2 rings (SSSR count). The number of carbonyl (C=O) groups is 2. The molecular formula is C18H19ClN2O5. The van der Waals surface area contributed by atoms with Crippen molar-refractivity contribution in [3.63, 3.8) is 0 Å². The molecule has 1 saturated carbocycles. The van der Waals surface area contributed by atoms with Gasteiger partial charge in [0.25, 0.3) is 5.91 Å². The molecule has 1 aliphatic carbocycles. The van der Waals surface area contributed by atoms with Crippen molar-refractivity contribution in [3.8, 4) is 17.6 Å². The van der Waals surface area contributed by atoms with Crippen molar-refractivity contribution in [1.29, 1.82) is 5.26 Å². The number of ether oxygens (including phenoxy) is 2. The monoisotopic (exact) mass is 378 g/mol. The van der Waals surface area contributed by atoms with Gasteiger partial charge in [0.1, 0.15) is 11.6 Å². The number of nitriles is 1. The number of carboxylic acids is 1. The predicted octanol–water partition coefficient (Wildman–Crippen LogP) is 2.78. The Morgan fingerprint density at radius 3 is 2.69 bits per heavy atom. The summed E-state index contributed by atoms with van der Waals surface area (Å²) in [6.45, 7) is -0.571. The van der Waals surface area contributed by atoms with Crippen molar-refractivity contribution in [1.82, 2.24) is 5.32 Å². The molecule has 2 N–H and O–H groups in total. The van der Waals surface area contributed by atoms with Gasteiger partial charge in [0.2, 0.25) is 0 Å². The van der Waals surface area contributed by atoms with Crippen LogP contribution in [0.4, 0.5) is 0 Å². The van der Waals surface area contributed by atoms with E-state index in [2.05, 4.69) is 5.32 Å². The van der Waals surface area contributed by atoms with E-state index in [4.69, 9.17) is 26.2 Å². The van der Waals surface area contributed by atoms with Gasteiger partial charge in [0, 0.05) is 6.04 Å². The van der Waals surface area contributed by atoms with Gasteiger partial charge in [-0.25, -0.2) is 4.79 Å². The Bertz CT molecular complexity index is 764. The average molecular weight is 379 g/mol.